The summed E-state index contributed by atoms with van der Waals surface area (Å²) in [7, 11) is 10.6. The molecule has 0 unspecified atom stereocenters. The fourth-order valence-corrected chi connectivity index (χ4v) is 17.3. The third kappa shape index (κ3) is 18.0. The van der Waals surface area contributed by atoms with E-state index in [9.17, 15) is 0 Å². The largest absolute Gasteiger partial charge is 0.265 e. The van der Waals surface area contributed by atoms with Crippen molar-refractivity contribution in [3.8, 4) is 113 Å². The van der Waals surface area contributed by atoms with Crippen LogP contribution in [-0.2, 0) is 35.2 Å². The van der Waals surface area contributed by atoms with E-state index in [0.717, 1.165) is 33.8 Å². The lowest BCUT2D eigenvalue weighted by molar-refractivity contribution is -0.659. The Morgan fingerprint density at radius 2 is 0.563 bits per heavy atom. The lowest BCUT2D eigenvalue weighted by Gasteiger charge is -2.12. The molecular weight excluding hydrogens is 1540 g/mol. The van der Waals surface area contributed by atoms with Crippen LogP contribution in [0, 0.1) is 76.2 Å². The molecule has 0 radical (unpaired) electrons. The molecule has 10 aromatic carbocycles. The maximum absolute atomic E-state index is 4.49. The maximum atomic E-state index is 4.49. The summed E-state index contributed by atoms with van der Waals surface area (Å²) in [4.78, 5) is 33.9. The van der Waals surface area contributed by atoms with Crippen LogP contribution < -0.4 is 22.8 Å². The fourth-order valence-electron chi connectivity index (χ4n) is 17.3. The van der Waals surface area contributed by atoms with Gasteiger partial charge in [-0.05, 0) is 292 Å². The van der Waals surface area contributed by atoms with E-state index < -0.39 is 0 Å². The molecule has 0 bridgehead atoms. The van der Waals surface area contributed by atoms with Crippen LogP contribution in [0.3, 0.4) is 0 Å². The second-order valence-electron chi connectivity index (χ2n) is 33.0. The van der Waals surface area contributed by atoms with Crippen LogP contribution in [0.15, 0.2) is 342 Å². The molecule has 0 aliphatic carbocycles. The minimum Gasteiger partial charge on any atom is -0.265 e. The van der Waals surface area contributed by atoms with E-state index in [-0.39, 0.29) is 0 Å². The maximum Gasteiger partial charge on any atom is 0.220 e. The summed E-state index contributed by atoms with van der Waals surface area (Å²) in [5.41, 5.74) is 36.1. The predicted octanol–water partition coefficient (Wildman–Crippen LogP) is 23.5. The number of benzene rings is 10. The van der Waals surface area contributed by atoms with Gasteiger partial charge in [0, 0.05) is 107 Å². The molecule has 0 spiro atoms. The van der Waals surface area contributed by atoms with Gasteiger partial charge in [-0.3, -0.25) is 15.0 Å². The first kappa shape index (κ1) is 84.4. The molecule has 20 aromatic rings. The third-order valence-electron chi connectivity index (χ3n) is 24.2. The van der Waals surface area contributed by atoms with Crippen molar-refractivity contribution in [1.82, 2.24) is 39.9 Å². The standard InChI is InChI=1S/3C24H23N2.C21H18N3.C20H17N4/c1-16-13-17(2)18(3)23(14-16)24-22-6-5-20(19-7-10-25-11-8-19)15-21(22)9-12-26(24)4;1-16-12-17(2)18(3)23(13-16)24-22-8-7-19(21-6-5-10-25-15-21)14-20(22)9-11-26(24)4;1-16-13-17(2)18(3)22(14-16)24-21-9-8-20(23-7-5-6-11-25-23)15-19(21)10-12-26(24)4;1-15-6-3-4-7-18(15)20-19-9-8-17(21-22-11-5-12-23-21)14-16(19)10-13-24(20)2;1-14-5-3-4-6-17(14)19-18-8-7-16(20-22-12-21-13-23-20)11-15(18)9-10-24(19)2/h3*5-15H,1-4H3;3-14H,1-2H3;3-13H,1-2H3/q5*+1. The van der Waals surface area contributed by atoms with Crippen LogP contribution >= 0.6 is 0 Å². The number of hydrogen-bond acceptors (Lipinski definition) is 8. The second-order valence-corrected chi connectivity index (χ2v) is 33.0. The molecule has 0 saturated heterocycles. The Morgan fingerprint density at radius 1 is 0.214 bits per heavy atom. The average molecular weight is 1640 g/mol. The van der Waals surface area contributed by atoms with Gasteiger partial charge in [0.2, 0.25) is 28.5 Å². The van der Waals surface area contributed by atoms with E-state index in [1.807, 2.05) is 55.2 Å². The first-order valence-corrected chi connectivity index (χ1v) is 42.7. The van der Waals surface area contributed by atoms with Crippen LogP contribution in [0.4, 0.5) is 0 Å². The summed E-state index contributed by atoms with van der Waals surface area (Å²) in [6, 6.07) is 90.4. The summed E-state index contributed by atoms with van der Waals surface area (Å²) in [6.45, 7) is 24.0. The first-order valence-electron chi connectivity index (χ1n) is 42.7. The van der Waals surface area contributed by atoms with Crippen molar-refractivity contribution in [2.24, 2.45) is 35.2 Å². The number of hydrogen-bond donors (Lipinski definition) is 0. The molecule has 0 atom stereocenters. The predicted molar refractivity (Wildman–Crippen MR) is 514 cm³/mol. The molecule has 20 rings (SSSR count). The molecule has 13 heteroatoms. The van der Waals surface area contributed by atoms with Gasteiger partial charge in [-0.25, -0.2) is 47.8 Å². The summed E-state index contributed by atoms with van der Waals surface area (Å²) in [6.07, 6.45) is 26.5. The van der Waals surface area contributed by atoms with Gasteiger partial charge in [-0.2, -0.15) is 0 Å². The van der Waals surface area contributed by atoms with Crippen LogP contribution in [0.5, 0.6) is 0 Å². The van der Waals surface area contributed by atoms with Crippen molar-refractivity contribution >= 4 is 53.9 Å². The smallest absolute Gasteiger partial charge is 0.220 e. The van der Waals surface area contributed by atoms with Gasteiger partial charge in [0.15, 0.2) is 42.6 Å². The highest BCUT2D eigenvalue weighted by molar-refractivity contribution is 6.01. The van der Waals surface area contributed by atoms with Crippen molar-refractivity contribution in [3.63, 3.8) is 0 Å². The quantitative estimate of drug-likeness (QED) is 0.124. The molecule has 0 saturated carbocycles. The van der Waals surface area contributed by atoms with Gasteiger partial charge in [-0.1, -0.05) is 114 Å². The minimum atomic E-state index is 0.692. The Hall–Kier alpha value is -15.2. The molecule has 13 nitrogen and oxygen atoms in total. The normalized spacial score (nSPS) is 11.0. The molecule has 126 heavy (non-hydrogen) atoms. The first-order chi connectivity index (χ1) is 61.1. The highest BCUT2D eigenvalue weighted by Gasteiger charge is 2.25. The fraction of sp³-hybridized carbons (Fsp3) is 0.142. The van der Waals surface area contributed by atoms with Crippen molar-refractivity contribution in [3.05, 3.63) is 403 Å². The van der Waals surface area contributed by atoms with E-state index in [4.69, 9.17) is 0 Å². The van der Waals surface area contributed by atoms with Gasteiger partial charge < -0.3 is 0 Å². The minimum absolute atomic E-state index is 0.692. The van der Waals surface area contributed by atoms with Gasteiger partial charge in [-0.15, -0.1) is 0 Å². The number of pyridine rings is 8. The summed E-state index contributed by atoms with van der Waals surface area (Å²) >= 11 is 0. The van der Waals surface area contributed by atoms with Gasteiger partial charge >= 0.3 is 0 Å². The lowest BCUT2D eigenvalue weighted by atomic mass is 9.93. The number of aromatic nitrogens is 13. The Morgan fingerprint density at radius 3 is 0.952 bits per heavy atom. The molecule has 0 aliphatic rings. The number of rotatable bonds is 10. The molecular formula is C113H104N13+5. The van der Waals surface area contributed by atoms with E-state index >= 15 is 0 Å². The summed E-state index contributed by atoms with van der Waals surface area (Å²) in [5.74, 6) is 1.45. The Labute approximate surface area is 738 Å². The van der Waals surface area contributed by atoms with Crippen LogP contribution in [0.1, 0.15) is 61.2 Å². The SMILES string of the molecule is Cc1cc(C)c(C)c(-c2c3ccc(-c4ccccn4)cc3cc[n+]2C)c1.Cc1cc(C)c(C)c(-c2c3ccc(-c4cccnc4)cc3cc[n+]2C)c1.Cc1cc(C)c(C)c(-c2c3ccc(-c4ccncc4)cc3cc[n+]2C)c1.Cc1ccccc1-c1c2ccc(-c3ncccn3)cc2cc[n+]1C.Cc1ccccc1-c1c2ccc(-c3ncncn3)cc2cc[n+]1C. The zero-order valence-electron chi connectivity index (χ0n) is 74.6. The highest BCUT2D eigenvalue weighted by atomic mass is 15.0. The summed E-state index contributed by atoms with van der Waals surface area (Å²) < 4.78 is 11.0. The summed E-state index contributed by atoms with van der Waals surface area (Å²) in [5, 5.41) is 12.4. The Balaban J connectivity index is 0.000000116. The molecule has 10 aromatic heterocycles. The van der Waals surface area contributed by atoms with Crippen molar-refractivity contribution in [2.45, 2.75) is 76.2 Å². The van der Waals surface area contributed by atoms with Gasteiger partial charge in [0.25, 0.3) is 0 Å². The van der Waals surface area contributed by atoms with Crippen molar-refractivity contribution < 1.29 is 22.8 Å². The van der Waals surface area contributed by atoms with E-state index in [1.165, 1.54) is 201 Å². The lowest BCUT2D eigenvalue weighted by Crippen LogP contribution is -2.30. The molecule has 10 heterocycles. The van der Waals surface area contributed by atoms with Crippen molar-refractivity contribution in [2.75, 3.05) is 0 Å². The Kier molecular flexibility index (Phi) is 24.9. The number of fused-ring (bicyclic) bond motifs is 5. The van der Waals surface area contributed by atoms with Crippen LogP contribution in [0.25, 0.3) is 166 Å². The number of nitrogens with zero attached hydrogens (tertiary/aromatic N) is 13. The molecule has 0 N–H and O–H groups in total. The van der Waals surface area contributed by atoms with E-state index in [2.05, 4.69) is 436 Å². The molecule has 0 amide bonds. The second kappa shape index (κ2) is 37.2. The zero-order valence-corrected chi connectivity index (χ0v) is 74.6. The topological polar surface area (TPSA) is 123 Å². The highest BCUT2D eigenvalue weighted by Crippen LogP contribution is 2.39. The molecule has 616 valence electrons. The van der Waals surface area contributed by atoms with Gasteiger partial charge in [0.1, 0.15) is 47.9 Å². The average Bonchev–Trinajstić information content (AvgIpc) is 0.811. The van der Waals surface area contributed by atoms with Crippen molar-refractivity contribution in [1.29, 1.82) is 0 Å². The van der Waals surface area contributed by atoms with Crippen LogP contribution in [-0.4, -0.2) is 39.9 Å². The third-order valence-corrected chi connectivity index (χ3v) is 24.2. The van der Waals surface area contributed by atoms with E-state index in [0.29, 0.717) is 5.82 Å². The molecule has 0 aliphatic heterocycles. The monoisotopic (exact) mass is 1640 g/mol. The van der Waals surface area contributed by atoms with Gasteiger partial charge in [0.05, 0.1) is 49.3 Å². The van der Waals surface area contributed by atoms with E-state index in [1.54, 1.807) is 12.4 Å². The number of aryl methyl sites for hydroxylation is 13. The Bertz CT molecular complexity index is 6840. The zero-order chi connectivity index (χ0) is 87.8. The van der Waals surface area contributed by atoms with Crippen LogP contribution in [0.2, 0.25) is 0 Å². The molecule has 0 fully saturated rings.